The first-order chi connectivity index (χ1) is 12.8. The minimum Gasteiger partial charge on any atom is -0.495 e. The number of sulfonamides is 1. The van der Waals surface area contributed by atoms with Crippen molar-refractivity contribution < 1.29 is 22.3 Å². The molecule has 0 aliphatic rings. The first kappa shape index (κ1) is 21.1. The Bertz CT molecular complexity index is 946. The third kappa shape index (κ3) is 4.40. The predicted octanol–water partition coefficient (Wildman–Crippen LogP) is 3.77. The Morgan fingerprint density at radius 1 is 1.22 bits per heavy atom. The molecule has 0 saturated carbocycles. The van der Waals surface area contributed by atoms with E-state index >= 15 is 0 Å². The van der Waals surface area contributed by atoms with Gasteiger partial charge in [-0.2, -0.15) is 4.31 Å². The van der Waals surface area contributed by atoms with Crippen LogP contribution in [0.15, 0.2) is 41.3 Å². The van der Waals surface area contributed by atoms with Crippen LogP contribution in [0.4, 0.5) is 10.1 Å². The van der Waals surface area contributed by atoms with E-state index in [4.69, 9.17) is 16.3 Å². The maximum atomic E-state index is 14.0. The van der Waals surface area contributed by atoms with Crippen molar-refractivity contribution in [3.05, 3.63) is 52.8 Å². The molecule has 0 atom stereocenters. The Kier molecular flexibility index (Phi) is 6.80. The number of nitrogens with zero attached hydrogens (tertiary/aromatic N) is 1. The van der Waals surface area contributed by atoms with Crippen molar-refractivity contribution in [3.8, 4) is 5.75 Å². The molecule has 0 bridgehead atoms. The van der Waals surface area contributed by atoms with E-state index in [9.17, 15) is 17.6 Å². The van der Waals surface area contributed by atoms with E-state index in [2.05, 4.69) is 5.32 Å². The molecule has 0 fully saturated rings. The number of halogens is 2. The number of ether oxygens (including phenoxy) is 1. The van der Waals surface area contributed by atoms with Gasteiger partial charge in [-0.25, -0.2) is 12.8 Å². The van der Waals surface area contributed by atoms with Crippen LogP contribution in [0.3, 0.4) is 0 Å². The number of rotatable bonds is 7. The van der Waals surface area contributed by atoms with Crippen LogP contribution in [0.25, 0.3) is 0 Å². The van der Waals surface area contributed by atoms with Gasteiger partial charge < -0.3 is 10.1 Å². The smallest absolute Gasteiger partial charge is 0.255 e. The van der Waals surface area contributed by atoms with E-state index in [-0.39, 0.29) is 40.0 Å². The first-order valence-corrected chi connectivity index (χ1v) is 10.0. The molecular formula is C18H20ClFN2O4S. The minimum absolute atomic E-state index is 0.0425. The van der Waals surface area contributed by atoms with Gasteiger partial charge in [-0.3, -0.25) is 4.79 Å². The number of anilines is 1. The van der Waals surface area contributed by atoms with E-state index in [1.54, 1.807) is 13.8 Å². The van der Waals surface area contributed by atoms with Gasteiger partial charge in [0.1, 0.15) is 10.6 Å². The van der Waals surface area contributed by atoms with E-state index in [1.165, 1.54) is 47.8 Å². The van der Waals surface area contributed by atoms with Gasteiger partial charge in [0.2, 0.25) is 10.0 Å². The monoisotopic (exact) mass is 414 g/mol. The summed E-state index contributed by atoms with van der Waals surface area (Å²) in [5.41, 5.74) is -0.0580. The van der Waals surface area contributed by atoms with Gasteiger partial charge in [0.25, 0.3) is 5.91 Å². The summed E-state index contributed by atoms with van der Waals surface area (Å²) in [4.78, 5) is 12.4. The molecule has 146 valence electrons. The molecule has 2 rings (SSSR count). The van der Waals surface area contributed by atoms with Crippen LogP contribution in [0.1, 0.15) is 24.2 Å². The van der Waals surface area contributed by atoms with Crippen LogP contribution in [0.5, 0.6) is 5.75 Å². The summed E-state index contributed by atoms with van der Waals surface area (Å²) in [5.74, 6) is -1.32. The van der Waals surface area contributed by atoms with Gasteiger partial charge in [-0.05, 0) is 30.3 Å². The number of benzene rings is 2. The van der Waals surface area contributed by atoms with E-state index in [0.717, 1.165) is 0 Å². The molecule has 1 amide bonds. The van der Waals surface area contributed by atoms with Gasteiger partial charge in [0.05, 0.1) is 17.8 Å². The van der Waals surface area contributed by atoms with Crippen molar-refractivity contribution in [2.75, 3.05) is 25.5 Å². The molecule has 1 N–H and O–H groups in total. The SMILES string of the molecule is CCN(CC)S(=O)(=O)c1cc(C(=O)Nc2cccc(Cl)c2F)ccc1OC. The maximum Gasteiger partial charge on any atom is 0.255 e. The van der Waals surface area contributed by atoms with E-state index in [0.29, 0.717) is 0 Å². The highest BCUT2D eigenvalue weighted by molar-refractivity contribution is 7.89. The minimum atomic E-state index is -3.85. The average molecular weight is 415 g/mol. The molecule has 0 radical (unpaired) electrons. The van der Waals surface area contributed by atoms with Gasteiger partial charge in [0.15, 0.2) is 5.82 Å². The molecule has 2 aromatic carbocycles. The number of carbonyl (C=O) groups is 1. The summed E-state index contributed by atoms with van der Waals surface area (Å²) in [6.45, 7) is 3.97. The fraction of sp³-hybridized carbons (Fsp3) is 0.278. The van der Waals surface area contributed by atoms with Crippen LogP contribution < -0.4 is 10.1 Å². The van der Waals surface area contributed by atoms with Gasteiger partial charge in [0, 0.05) is 18.7 Å². The molecule has 6 nitrogen and oxygen atoms in total. The summed E-state index contributed by atoms with van der Waals surface area (Å²) in [5, 5.41) is 2.26. The van der Waals surface area contributed by atoms with E-state index in [1.807, 2.05) is 0 Å². The summed E-state index contributed by atoms with van der Waals surface area (Å²) in [6.07, 6.45) is 0. The standard InChI is InChI=1S/C18H20ClFN2O4S/c1-4-22(5-2)27(24,25)16-11-12(9-10-15(16)26-3)18(23)21-14-8-6-7-13(19)17(14)20/h6-11H,4-5H2,1-3H3,(H,21,23). The molecular weight excluding hydrogens is 395 g/mol. The molecule has 0 spiro atoms. The normalized spacial score (nSPS) is 11.5. The van der Waals surface area contributed by atoms with Crippen LogP contribution in [-0.4, -0.2) is 38.8 Å². The second-order valence-electron chi connectivity index (χ2n) is 5.51. The molecule has 27 heavy (non-hydrogen) atoms. The quantitative estimate of drug-likeness (QED) is 0.748. The number of methoxy groups -OCH3 is 1. The molecule has 9 heteroatoms. The second kappa shape index (κ2) is 8.69. The van der Waals surface area contributed by atoms with Crippen LogP contribution in [-0.2, 0) is 10.0 Å². The van der Waals surface area contributed by atoms with Crippen molar-refractivity contribution in [2.45, 2.75) is 18.7 Å². The maximum absolute atomic E-state index is 14.0. The highest BCUT2D eigenvalue weighted by Gasteiger charge is 2.27. The van der Waals surface area contributed by atoms with Crippen molar-refractivity contribution in [1.29, 1.82) is 0 Å². The third-order valence-corrected chi connectivity index (χ3v) is 6.31. The Hall–Kier alpha value is -2.16. The number of nitrogens with one attached hydrogen (secondary N) is 1. The zero-order valence-electron chi connectivity index (χ0n) is 15.1. The Labute approximate surface area is 162 Å². The lowest BCUT2D eigenvalue weighted by Crippen LogP contribution is -2.31. The zero-order chi connectivity index (χ0) is 20.2. The first-order valence-electron chi connectivity index (χ1n) is 8.19. The predicted molar refractivity (Wildman–Crippen MR) is 102 cm³/mol. The van der Waals surface area contributed by atoms with E-state index < -0.39 is 21.7 Å². The number of carbonyl (C=O) groups excluding carboxylic acids is 1. The lowest BCUT2D eigenvalue weighted by molar-refractivity contribution is 0.102. The molecule has 0 heterocycles. The van der Waals surface area contributed by atoms with Crippen LogP contribution in [0, 0.1) is 5.82 Å². The Morgan fingerprint density at radius 2 is 1.89 bits per heavy atom. The van der Waals surface area contributed by atoms with Gasteiger partial charge in [-0.1, -0.05) is 31.5 Å². The van der Waals surface area contributed by atoms with Crippen molar-refractivity contribution in [3.63, 3.8) is 0 Å². The lowest BCUT2D eigenvalue weighted by atomic mass is 10.2. The third-order valence-electron chi connectivity index (χ3n) is 3.95. The van der Waals surface area contributed by atoms with Gasteiger partial charge >= 0.3 is 0 Å². The Balaban J connectivity index is 2.45. The topological polar surface area (TPSA) is 75.7 Å². The molecule has 0 aromatic heterocycles. The average Bonchev–Trinajstić information content (AvgIpc) is 2.65. The summed E-state index contributed by atoms with van der Waals surface area (Å²) in [6, 6.07) is 8.21. The summed E-state index contributed by atoms with van der Waals surface area (Å²) >= 11 is 5.71. The summed E-state index contributed by atoms with van der Waals surface area (Å²) in [7, 11) is -2.51. The molecule has 2 aromatic rings. The van der Waals surface area contributed by atoms with Crippen LogP contribution >= 0.6 is 11.6 Å². The Morgan fingerprint density at radius 3 is 2.48 bits per heavy atom. The van der Waals surface area contributed by atoms with Crippen molar-refractivity contribution in [1.82, 2.24) is 4.31 Å². The molecule has 0 aliphatic carbocycles. The second-order valence-corrected chi connectivity index (χ2v) is 7.82. The highest BCUT2D eigenvalue weighted by Crippen LogP contribution is 2.29. The molecule has 0 unspecified atom stereocenters. The number of amides is 1. The number of hydrogen-bond acceptors (Lipinski definition) is 4. The van der Waals surface area contributed by atoms with Crippen LogP contribution in [0.2, 0.25) is 5.02 Å². The largest absolute Gasteiger partial charge is 0.495 e. The molecule has 0 saturated heterocycles. The lowest BCUT2D eigenvalue weighted by Gasteiger charge is -2.20. The van der Waals surface area contributed by atoms with Gasteiger partial charge in [-0.15, -0.1) is 0 Å². The summed E-state index contributed by atoms with van der Waals surface area (Å²) < 4.78 is 46.1. The fourth-order valence-electron chi connectivity index (χ4n) is 2.52. The molecule has 0 aliphatic heterocycles. The van der Waals surface area contributed by atoms with Crippen molar-refractivity contribution in [2.24, 2.45) is 0 Å². The zero-order valence-corrected chi connectivity index (χ0v) is 16.7. The fourth-order valence-corrected chi connectivity index (χ4v) is 4.33. The van der Waals surface area contributed by atoms with Crippen molar-refractivity contribution >= 4 is 33.2 Å². The number of hydrogen-bond donors (Lipinski definition) is 1. The highest BCUT2D eigenvalue weighted by atomic mass is 35.5.